The molecule has 1 N–H and O–H groups in total. The molecule has 10 nitrogen and oxygen atoms in total. The topological polar surface area (TPSA) is 115 Å². The second-order valence-corrected chi connectivity index (χ2v) is 12.6. The number of hydrogen-bond acceptors (Lipinski definition) is 10. The highest BCUT2D eigenvalue weighted by molar-refractivity contribution is 7.44. The number of unbranched alkanes of at least 4 members (excludes halogenated alkanes) is 3. The van der Waals surface area contributed by atoms with Gasteiger partial charge in [0.1, 0.15) is 0 Å². The van der Waals surface area contributed by atoms with Crippen molar-refractivity contribution in [1.82, 2.24) is 15.0 Å². The summed E-state index contributed by atoms with van der Waals surface area (Å²) in [6, 6.07) is 10.5. The van der Waals surface area contributed by atoms with Crippen molar-refractivity contribution >= 4 is 42.3 Å². The van der Waals surface area contributed by atoms with Gasteiger partial charge in [0.25, 0.3) is 8.53 Å². The molecule has 1 aromatic carbocycles. The van der Waals surface area contributed by atoms with Gasteiger partial charge in [-0.2, -0.15) is 5.26 Å². The first-order valence-electron chi connectivity index (χ1n) is 13.8. The van der Waals surface area contributed by atoms with Gasteiger partial charge in [0.2, 0.25) is 11.0 Å². The molecule has 0 bridgehead atoms. The summed E-state index contributed by atoms with van der Waals surface area (Å²) in [6.07, 6.45) is 6.20. The smallest absolute Gasteiger partial charge is 0.259 e. The fraction of sp³-hybridized carbons (Fsp3) is 0.607. The van der Waals surface area contributed by atoms with Crippen LogP contribution in [-0.2, 0) is 20.3 Å². The molecule has 0 fully saturated rings. The van der Waals surface area contributed by atoms with E-state index in [9.17, 15) is 4.79 Å². The van der Waals surface area contributed by atoms with Crippen LogP contribution in [0.5, 0.6) is 0 Å². The van der Waals surface area contributed by atoms with Crippen molar-refractivity contribution in [3.8, 4) is 6.07 Å². The number of benzene rings is 1. The van der Waals surface area contributed by atoms with Crippen LogP contribution >= 0.6 is 19.9 Å². The summed E-state index contributed by atoms with van der Waals surface area (Å²) in [4.78, 5) is 19.5. The maximum Gasteiger partial charge on any atom is 0.259 e. The van der Waals surface area contributed by atoms with Crippen molar-refractivity contribution in [1.29, 1.82) is 5.26 Å². The van der Waals surface area contributed by atoms with Gasteiger partial charge < -0.3 is 19.3 Å². The number of thiazole rings is 1. The summed E-state index contributed by atoms with van der Waals surface area (Å²) < 4.78 is 14.3. The van der Waals surface area contributed by atoms with Gasteiger partial charge >= 0.3 is 0 Å². The Morgan fingerprint density at radius 1 is 1.05 bits per heavy atom. The fourth-order valence-electron chi connectivity index (χ4n) is 3.83. The standard InChI is InChI=1S/C28H44N7O3PS/c1-22(2)35(23(3)4)39(38-19-11-16-29)37-18-10-8-7-9-17-30-27(36)20-26-21-31-28(40-26)33-32-24-12-14-25(15-13-24)34(5)6/h12-15,21-23H,7-11,17-20H2,1-6H3,(H,30,36). The molecule has 0 spiro atoms. The van der Waals surface area contributed by atoms with Crippen LogP contribution in [0.3, 0.4) is 0 Å². The third kappa shape index (κ3) is 12.8. The molecule has 0 aliphatic carbocycles. The number of nitrogens with zero attached hydrogens (tertiary/aromatic N) is 6. The van der Waals surface area contributed by atoms with E-state index in [1.165, 1.54) is 11.3 Å². The molecule has 1 atom stereocenters. The zero-order valence-electron chi connectivity index (χ0n) is 24.7. The fourth-order valence-corrected chi connectivity index (χ4v) is 6.19. The Morgan fingerprint density at radius 3 is 2.38 bits per heavy atom. The van der Waals surface area contributed by atoms with Crippen LogP contribution in [0.1, 0.15) is 64.7 Å². The molecule has 2 rings (SSSR count). The molecule has 0 radical (unpaired) electrons. The highest BCUT2D eigenvalue weighted by atomic mass is 32.1. The van der Waals surface area contributed by atoms with E-state index in [1.807, 2.05) is 43.3 Å². The Hall–Kier alpha value is -2.48. The van der Waals surface area contributed by atoms with E-state index in [0.717, 1.165) is 41.9 Å². The Balaban J connectivity index is 1.63. The molecule has 40 heavy (non-hydrogen) atoms. The van der Waals surface area contributed by atoms with Gasteiger partial charge in [0, 0.05) is 49.5 Å². The lowest BCUT2D eigenvalue weighted by molar-refractivity contribution is -0.120. The quantitative estimate of drug-likeness (QED) is 0.105. The summed E-state index contributed by atoms with van der Waals surface area (Å²) in [7, 11) is 2.79. The van der Waals surface area contributed by atoms with Crippen molar-refractivity contribution in [3.63, 3.8) is 0 Å². The lowest BCUT2D eigenvalue weighted by atomic mass is 10.2. The number of rotatable bonds is 19. The monoisotopic (exact) mass is 589 g/mol. The number of nitriles is 1. The van der Waals surface area contributed by atoms with Gasteiger partial charge in [-0.15, -0.1) is 10.2 Å². The SMILES string of the molecule is CC(C)N(C(C)C)P(OCCC#N)OCCCCCCNC(=O)Cc1cnc(N=Nc2ccc(N(C)C)cc2)s1. The van der Waals surface area contributed by atoms with Crippen LogP contribution in [0.2, 0.25) is 0 Å². The number of hydrogen-bond donors (Lipinski definition) is 1. The third-order valence-electron chi connectivity index (χ3n) is 5.75. The first-order valence-corrected chi connectivity index (χ1v) is 15.8. The van der Waals surface area contributed by atoms with Crippen molar-refractivity contribution in [3.05, 3.63) is 35.3 Å². The minimum Gasteiger partial charge on any atom is -0.378 e. The highest BCUT2D eigenvalue weighted by Gasteiger charge is 2.26. The van der Waals surface area contributed by atoms with E-state index in [4.69, 9.17) is 14.3 Å². The molecule has 0 saturated carbocycles. The lowest BCUT2D eigenvalue weighted by Crippen LogP contribution is -2.33. The predicted molar refractivity (Wildman–Crippen MR) is 163 cm³/mol. The highest BCUT2D eigenvalue weighted by Crippen LogP contribution is 2.46. The molecule has 0 aliphatic heterocycles. The summed E-state index contributed by atoms with van der Waals surface area (Å²) in [5, 5.41) is 20.8. The second kappa shape index (κ2) is 18.8. The van der Waals surface area contributed by atoms with Gasteiger partial charge in [-0.05, 0) is 64.8 Å². The summed E-state index contributed by atoms with van der Waals surface area (Å²) in [5.41, 5.74) is 1.85. The van der Waals surface area contributed by atoms with Crippen LogP contribution in [-0.4, -0.2) is 61.5 Å². The zero-order chi connectivity index (χ0) is 29.3. The Kier molecular flexibility index (Phi) is 15.8. The number of anilines is 1. The average molecular weight is 590 g/mol. The minimum atomic E-state index is -1.18. The normalized spacial score (nSPS) is 12.4. The van der Waals surface area contributed by atoms with E-state index in [-0.39, 0.29) is 12.3 Å². The molecule has 1 heterocycles. The predicted octanol–water partition coefficient (Wildman–Crippen LogP) is 7.14. The average Bonchev–Trinajstić information content (AvgIpc) is 3.35. The van der Waals surface area contributed by atoms with E-state index >= 15 is 0 Å². The molecule has 0 saturated heterocycles. The van der Waals surface area contributed by atoms with Gasteiger partial charge in [0.05, 0.1) is 37.8 Å². The first kappa shape index (κ1) is 33.7. The number of carbonyl (C=O) groups excluding carboxylic acids is 1. The van der Waals surface area contributed by atoms with Crippen LogP contribution in [0.25, 0.3) is 0 Å². The Bertz CT molecular complexity index is 1060. The lowest BCUT2D eigenvalue weighted by Gasteiger charge is -2.35. The van der Waals surface area contributed by atoms with Crippen molar-refractivity contribution in [2.75, 3.05) is 38.8 Å². The second-order valence-electron chi connectivity index (χ2n) is 10.0. The summed E-state index contributed by atoms with van der Waals surface area (Å²) in [5.74, 6) is -0.0163. The molecule has 1 unspecified atom stereocenters. The molecule has 220 valence electrons. The third-order valence-corrected chi connectivity index (χ3v) is 8.74. The van der Waals surface area contributed by atoms with Gasteiger partial charge in [-0.1, -0.05) is 24.2 Å². The van der Waals surface area contributed by atoms with Gasteiger partial charge in [0.15, 0.2) is 0 Å². The Labute approximate surface area is 244 Å². The number of carbonyl (C=O) groups is 1. The molecular formula is C28H44N7O3PS. The Morgan fingerprint density at radius 2 is 1.73 bits per heavy atom. The van der Waals surface area contributed by atoms with E-state index in [1.54, 1.807) is 6.20 Å². The summed E-state index contributed by atoms with van der Waals surface area (Å²) in [6.45, 7) is 10.2. The van der Waals surface area contributed by atoms with E-state index in [2.05, 4.69) is 59.0 Å². The molecular weight excluding hydrogens is 545 g/mol. The van der Waals surface area contributed by atoms with Gasteiger partial charge in [-0.25, -0.2) is 9.65 Å². The molecule has 0 aliphatic rings. The van der Waals surface area contributed by atoms with Crippen LogP contribution in [0, 0.1) is 11.3 Å². The van der Waals surface area contributed by atoms with Crippen LogP contribution in [0.15, 0.2) is 40.7 Å². The van der Waals surface area contributed by atoms with Crippen LogP contribution in [0.4, 0.5) is 16.5 Å². The largest absolute Gasteiger partial charge is 0.378 e. The minimum absolute atomic E-state index is 0.0163. The maximum absolute atomic E-state index is 12.3. The number of azo groups is 1. The van der Waals surface area contributed by atoms with Crippen molar-refractivity contribution in [2.24, 2.45) is 10.2 Å². The molecule has 1 amide bonds. The van der Waals surface area contributed by atoms with Crippen LogP contribution < -0.4 is 10.2 Å². The maximum atomic E-state index is 12.3. The molecule has 12 heteroatoms. The van der Waals surface area contributed by atoms with E-state index < -0.39 is 8.53 Å². The summed E-state index contributed by atoms with van der Waals surface area (Å²) >= 11 is 1.37. The first-order chi connectivity index (χ1) is 19.2. The van der Waals surface area contributed by atoms with Gasteiger partial charge in [-0.3, -0.25) is 4.79 Å². The molecule has 1 aromatic heterocycles. The zero-order valence-corrected chi connectivity index (χ0v) is 26.4. The number of amides is 1. The number of nitrogens with one attached hydrogen (secondary N) is 1. The van der Waals surface area contributed by atoms with E-state index in [0.29, 0.717) is 43.4 Å². The van der Waals surface area contributed by atoms with Crippen molar-refractivity contribution < 1.29 is 13.8 Å². The van der Waals surface area contributed by atoms with Crippen molar-refractivity contribution in [2.45, 2.75) is 78.3 Å². The number of aromatic nitrogens is 1. The molecule has 2 aromatic rings.